The summed E-state index contributed by atoms with van der Waals surface area (Å²) in [6, 6.07) is 0.480. The molecule has 4 nitrogen and oxygen atoms in total. The van der Waals surface area contributed by atoms with Crippen LogP contribution in [0.25, 0.3) is 0 Å². The summed E-state index contributed by atoms with van der Waals surface area (Å²) >= 11 is 0. The fourth-order valence-corrected chi connectivity index (χ4v) is 2.19. The van der Waals surface area contributed by atoms with Gasteiger partial charge in [-0.1, -0.05) is 13.8 Å². The normalized spacial score (nSPS) is 22.9. The van der Waals surface area contributed by atoms with Crippen LogP contribution in [0.1, 0.15) is 33.1 Å². The van der Waals surface area contributed by atoms with Gasteiger partial charge in [0.05, 0.1) is 0 Å². The first-order valence-electron chi connectivity index (χ1n) is 6.42. The average Bonchev–Trinajstić information content (AvgIpc) is 2.47. The highest BCUT2D eigenvalue weighted by Gasteiger charge is 2.25. The largest absolute Gasteiger partial charge is 0.338 e. The number of hydrogen-bond acceptors (Lipinski definition) is 2. The van der Waals surface area contributed by atoms with Gasteiger partial charge in [-0.15, -0.1) is 0 Å². The third kappa shape index (κ3) is 3.67. The summed E-state index contributed by atoms with van der Waals surface area (Å²) in [5.41, 5.74) is 0. The lowest BCUT2D eigenvalue weighted by atomic mass is 10.2. The fourth-order valence-electron chi connectivity index (χ4n) is 2.19. The minimum atomic E-state index is 0.115. The van der Waals surface area contributed by atoms with Gasteiger partial charge in [0, 0.05) is 25.7 Å². The van der Waals surface area contributed by atoms with Gasteiger partial charge in [0.2, 0.25) is 0 Å². The van der Waals surface area contributed by atoms with Crippen molar-refractivity contribution in [2.75, 3.05) is 33.2 Å². The maximum atomic E-state index is 12.0. The zero-order chi connectivity index (χ0) is 12.0. The van der Waals surface area contributed by atoms with Gasteiger partial charge in [-0.3, -0.25) is 0 Å². The van der Waals surface area contributed by atoms with E-state index in [0.717, 1.165) is 45.4 Å². The second-order valence-corrected chi connectivity index (χ2v) is 4.60. The van der Waals surface area contributed by atoms with Crippen LogP contribution < -0.4 is 5.32 Å². The summed E-state index contributed by atoms with van der Waals surface area (Å²) in [6.45, 7) is 7.99. The van der Waals surface area contributed by atoms with Crippen molar-refractivity contribution in [2.24, 2.45) is 0 Å². The highest BCUT2D eigenvalue weighted by Crippen LogP contribution is 2.11. The second-order valence-electron chi connectivity index (χ2n) is 4.60. The van der Waals surface area contributed by atoms with Gasteiger partial charge in [0.15, 0.2) is 0 Å². The number of nitrogens with one attached hydrogen (secondary N) is 1. The monoisotopic (exact) mass is 227 g/mol. The van der Waals surface area contributed by atoms with Crippen molar-refractivity contribution in [1.82, 2.24) is 15.1 Å². The van der Waals surface area contributed by atoms with Crippen LogP contribution >= 0.6 is 0 Å². The first-order chi connectivity index (χ1) is 7.69. The number of likely N-dealkylation sites (N-methyl/N-ethyl adjacent to an activating group) is 1. The van der Waals surface area contributed by atoms with Gasteiger partial charge in [-0.2, -0.15) is 0 Å². The molecular formula is C12H25N3O. The first-order valence-corrected chi connectivity index (χ1v) is 6.42. The number of carbonyl (C=O) groups is 1. The number of carbonyl (C=O) groups excluding carboxylic acids is 1. The molecule has 1 atom stereocenters. The minimum Gasteiger partial charge on any atom is -0.338 e. The quantitative estimate of drug-likeness (QED) is 0.793. The molecule has 16 heavy (non-hydrogen) atoms. The van der Waals surface area contributed by atoms with Crippen molar-refractivity contribution < 1.29 is 4.79 Å². The Bertz CT molecular complexity index is 220. The van der Waals surface area contributed by atoms with E-state index in [2.05, 4.69) is 31.1 Å². The van der Waals surface area contributed by atoms with E-state index in [1.807, 2.05) is 4.90 Å². The van der Waals surface area contributed by atoms with E-state index in [-0.39, 0.29) is 6.03 Å². The van der Waals surface area contributed by atoms with Gasteiger partial charge in [0.1, 0.15) is 0 Å². The summed E-state index contributed by atoms with van der Waals surface area (Å²) in [6.07, 6.45) is 3.10. The zero-order valence-corrected chi connectivity index (χ0v) is 10.8. The smallest absolute Gasteiger partial charge is 0.317 e. The number of hydrogen-bond donors (Lipinski definition) is 1. The molecule has 0 aromatic heterocycles. The minimum absolute atomic E-state index is 0.115. The van der Waals surface area contributed by atoms with Crippen LogP contribution in [-0.2, 0) is 0 Å². The molecule has 1 rings (SSSR count). The maximum Gasteiger partial charge on any atom is 0.317 e. The van der Waals surface area contributed by atoms with Crippen LogP contribution in [0.5, 0.6) is 0 Å². The van der Waals surface area contributed by atoms with Crippen molar-refractivity contribution in [2.45, 2.75) is 39.2 Å². The van der Waals surface area contributed by atoms with Gasteiger partial charge in [-0.25, -0.2) is 4.79 Å². The number of nitrogens with zero attached hydrogens (tertiary/aromatic N) is 2. The summed E-state index contributed by atoms with van der Waals surface area (Å²) in [5, 5.41) is 2.98. The summed E-state index contributed by atoms with van der Waals surface area (Å²) in [4.78, 5) is 16.3. The fraction of sp³-hybridized carbons (Fsp3) is 0.917. The lowest BCUT2D eigenvalue weighted by molar-refractivity contribution is 0.169. The maximum absolute atomic E-state index is 12.0. The predicted octanol–water partition coefficient (Wildman–Crippen LogP) is 1.52. The molecule has 94 valence electrons. The Balaban J connectivity index is 2.56. The van der Waals surface area contributed by atoms with Crippen LogP contribution in [0.2, 0.25) is 0 Å². The molecular weight excluding hydrogens is 202 g/mol. The van der Waals surface area contributed by atoms with E-state index in [1.54, 1.807) is 0 Å². The SMILES string of the molecule is CCCNC(=O)N1CCCN(C)CC1CC. The van der Waals surface area contributed by atoms with Gasteiger partial charge < -0.3 is 15.1 Å². The van der Waals surface area contributed by atoms with Crippen LogP contribution in [0.15, 0.2) is 0 Å². The zero-order valence-electron chi connectivity index (χ0n) is 10.8. The van der Waals surface area contributed by atoms with Gasteiger partial charge in [-0.05, 0) is 32.9 Å². The highest BCUT2D eigenvalue weighted by atomic mass is 16.2. The Labute approximate surface area is 99.0 Å². The molecule has 1 fully saturated rings. The molecule has 0 aromatic rings. The standard InChI is InChI=1S/C12H25N3O/c1-4-7-13-12(16)15-9-6-8-14(3)10-11(15)5-2/h11H,4-10H2,1-3H3,(H,13,16). The number of amides is 2. The van der Waals surface area contributed by atoms with Gasteiger partial charge >= 0.3 is 6.03 Å². The molecule has 0 aliphatic carbocycles. The molecule has 4 heteroatoms. The predicted molar refractivity (Wildman–Crippen MR) is 66.6 cm³/mol. The molecule has 1 heterocycles. The molecule has 0 aromatic carbocycles. The molecule has 1 saturated heterocycles. The molecule has 0 radical (unpaired) electrons. The topological polar surface area (TPSA) is 35.6 Å². The Morgan fingerprint density at radius 1 is 1.38 bits per heavy atom. The Hall–Kier alpha value is -0.770. The Morgan fingerprint density at radius 3 is 2.75 bits per heavy atom. The molecule has 0 spiro atoms. The van der Waals surface area contributed by atoms with Crippen LogP contribution in [0, 0.1) is 0 Å². The van der Waals surface area contributed by atoms with E-state index >= 15 is 0 Å². The van der Waals surface area contributed by atoms with Crippen LogP contribution in [0.4, 0.5) is 4.79 Å². The Morgan fingerprint density at radius 2 is 2.12 bits per heavy atom. The van der Waals surface area contributed by atoms with E-state index < -0.39 is 0 Å². The average molecular weight is 227 g/mol. The molecule has 0 bridgehead atoms. The number of urea groups is 1. The molecule has 2 amide bonds. The van der Waals surface area contributed by atoms with E-state index in [4.69, 9.17) is 0 Å². The van der Waals surface area contributed by atoms with E-state index in [0.29, 0.717) is 6.04 Å². The second kappa shape index (κ2) is 6.74. The van der Waals surface area contributed by atoms with Crippen molar-refractivity contribution in [3.05, 3.63) is 0 Å². The Kier molecular flexibility index (Phi) is 5.60. The van der Waals surface area contributed by atoms with Crippen LogP contribution in [0.3, 0.4) is 0 Å². The number of rotatable bonds is 3. The van der Waals surface area contributed by atoms with Gasteiger partial charge in [0.25, 0.3) is 0 Å². The van der Waals surface area contributed by atoms with Crippen molar-refractivity contribution in [3.8, 4) is 0 Å². The van der Waals surface area contributed by atoms with Crippen LogP contribution in [-0.4, -0.2) is 55.1 Å². The lowest BCUT2D eigenvalue weighted by Crippen LogP contribution is -2.48. The van der Waals surface area contributed by atoms with Crippen molar-refractivity contribution >= 4 is 6.03 Å². The lowest BCUT2D eigenvalue weighted by Gasteiger charge is -2.30. The molecule has 1 N–H and O–H groups in total. The van der Waals surface area contributed by atoms with Crippen molar-refractivity contribution in [3.63, 3.8) is 0 Å². The molecule has 1 unspecified atom stereocenters. The summed E-state index contributed by atoms with van der Waals surface area (Å²) in [5.74, 6) is 0. The summed E-state index contributed by atoms with van der Waals surface area (Å²) < 4.78 is 0. The van der Waals surface area contributed by atoms with E-state index in [1.165, 1.54) is 0 Å². The highest BCUT2D eigenvalue weighted by molar-refractivity contribution is 5.74. The van der Waals surface area contributed by atoms with Crippen molar-refractivity contribution in [1.29, 1.82) is 0 Å². The molecule has 0 saturated carbocycles. The third-order valence-electron chi connectivity index (χ3n) is 3.16. The third-order valence-corrected chi connectivity index (χ3v) is 3.16. The van der Waals surface area contributed by atoms with E-state index in [9.17, 15) is 4.79 Å². The first kappa shape index (κ1) is 13.3. The molecule has 1 aliphatic rings. The summed E-state index contributed by atoms with van der Waals surface area (Å²) in [7, 11) is 2.14. The molecule has 1 aliphatic heterocycles.